The van der Waals surface area contributed by atoms with E-state index in [0.29, 0.717) is 6.42 Å². The first-order valence-electron chi connectivity index (χ1n) is 6.46. The van der Waals surface area contributed by atoms with Crippen LogP contribution in [0, 0.1) is 12.8 Å². The highest BCUT2D eigenvalue weighted by Gasteiger charge is 2.38. The van der Waals surface area contributed by atoms with Crippen molar-refractivity contribution in [2.24, 2.45) is 5.92 Å². The topological polar surface area (TPSA) is 24.9 Å². The Kier molecular flexibility index (Phi) is 4.33. The van der Waals surface area contributed by atoms with E-state index in [-0.39, 0.29) is 24.8 Å². The van der Waals surface area contributed by atoms with E-state index in [9.17, 15) is 8.78 Å². The van der Waals surface area contributed by atoms with Crippen molar-refractivity contribution < 1.29 is 8.78 Å². The molecule has 1 aliphatic rings. The fourth-order valence-electron chi connectivity index (χ4n) is 2.79. The number of likely N-dealkylation sites (N-methyl/N-ethyl adjacent to an activating group) is 1. The Balaban J connectivity index is 1.99. The van der Waals surface area contributed by atoms with Gasteiger partial charge in [-0.1, -0.05) is 0 Å². The van der Waals surface area contributed by atoms with E-state index in [1.807, 2.05) is 19.4 Å². The molecule has 0 spiro atoms. The smallest absolute Gasteiger partial charge is 0.248 e. The second-order valence-corrected chi connectivity index (χ2v) is 6.23. The molecule has 1 aromatic heterocycles. The van der Waals surface area contributed by atoms with Crippen LogP contribution in [-0.4, -0.2) is 24.0 Å². The summed E-state index contributed by atoms with van der Waals surface area (Å²) in [7, 11) is 1.86. The predicted octanol–water partition coefficient (Wildman–Crippen LogP) is 3.41. The van der Waals surface area contributed by atoms with Crippen molar-refractivity contribution in [1.82, 2.24) is 10.3 Å². The number of hydrogen-bond acceptors (Lipinski definition) is 3. The zero-order valence-corrected chi connectivity index (χ0v) is 11.7. The lowest BCUT2D eigenvalue weighted by Crippen LogP contribution is -2.41. The van der Waals surface area contributed by atoms with Gasteiger partial charge in [-0.25, -0.2) is 13.8 Å². The van der Waals surface area contributed by atoms with Gasteiger partial charge in [-0.3, -0.25) is 0 Å². The maximum absolute atomic E-state index is 13.5. The average molecular weight is 274 g/mol. The van der Waals surface area contributed by atoms with E-state index >= 15 is 0 Å². The van der Waals surface area contributed by atoms with E-state index in [4.69, 9.17) is 0 Å². The van der Waals surface area contributed by atoms with Crippen LogP contribution in [-0.2, 0) is 6.42 Å². The average Bonchev–Trinajstić information content (AvgIpc) is 2.70. The number of aromatic nitrogens is 1. The van der Waals surface area contributed by atoms with Gasteiger partial charge < -0.3 is 5.32 Å². The second-order valence-electron chi connectivity index (χ2n) is 5.17. The maximum atomic E-state index is 13.5. The van der Waals surface area contributed by atoms with Gasteiger partial charge in [-0.15, -0.1) is 11.3 Å². The van der Waals surface area contributed by atoms with Crippen LogP contribution in [0.3, 0.4) is 0 Å². The summed E-state index contributed by atoms with van der Waals surface area (Å²) >= 11 is 1.62. The molecule has 0 amide bonds. The van der Waals surface area contributed by atoms with Gasteiger partial charge in [0.05, 0.1) is 10.7 Å². The summed E-state index contributed by atoms with van der Waals surface area (Å²) in [6.07, 6.45) is 2.34. The molecule has 2 rings (SSSR count). The van der Waals surface area contributed by atoms with Gasteiger partial charge in [0.15, 0.2) is 0 Å². The zero-order valence-electron chi connectivity index (χ0n) is 10.9. The van der Waals surface area contributed by atoms with Gasteiger partial charge in [-0.05, 0) is 32.7 Å². The fourth-order valence-corrected chi connectivity index (χ4v) is 3.41. The van der Waals surface area contributed by atoms with Crippen molar-refractivity contribution in [3.63, 3.8) is 0 Å². The Bertz CT molecular complexity index is 392. The minimum Gasteiger partial charge on any atom is -0.316 e. The molecule has 2 unspecified atom stereocenters. The van der Waals surface area contributed by atoms with Gasteiger partial charge in [0.25, 0.3) is 0 Å². The lowest BCUT2D eigenvalue weighted by Gasteiger charge is -2.34. The molecule has 5 heteroatoms. The van der Waals surface area contributed by atoms with Crippen molar-refractivity contribution in [1.29, 1.82) is 0 Å². The molecule has 1 fully saturated rings. The predicted molar refractivity (Wildman–Crippen MR) is 70.3 cm³/mol. The first-order chi connectivity index (χ1) is 8.50. The molecule has 0 bridgehead atoms. The highest BCUT2D eigenvalue weighted by Crippen LogP contribution is 2.38. The molecule has 1 N–H and O–H groups in total. The third-order valence-electron chi connectivity index (χ3n) is 3.71. The van der Waals surface area contributed by atoms with Crippen molar-refractivity contribution in [2.45, 2.75) is 51.0 Å². The van der Waals surface area contributed by atoms with Gasteiger partial charge >= 0.3 is 0 Å². The van der Waals surface area contributed by atoms with Gasteiger partial charge in [0, 0.05) is 30.7 Å². The number of hydrogen-bond donors (Lipinski definition) is 1. The molecule has 0 radical (unpaired) electrons. The normalized spacial score (nSPS) is 25.0. The quantitative estimate of drug-likeness (QED) is 0.910. The Morgan fingerprint density at radius 1 is 1.61 bits per heavy atom. The van der Waals surface area contributed by atoms with Crippen molar-refractivity contribution in [3.05, 3.63) is 16.1 Å². The van der Waals surface area contributed by atoms with Gasteiger partial charge in [-0.2, -0.15) is 0 Å². The molecule has 18 heavy (non-hydrogen) atoms. The number of alkyl halides is 2. The van der Waals surface area contributed by atoms with Crippen LogP contribution in [0.4, 0.5) is 8.78 Å². The molecule has 0 aromatic carbocycles. The summed E-state index contributed by atoms with van der Waals surface area (Å²) in [6, 6.07) is 0.109. The Hall–Kier alpha value is -0.550. The lowest BCUT2D eigenvalue weighted by atomic mass is 9.80. The Morgan fingerprint density at radius 3 is 2.94 bits per heavy atom. The number of halogens is 2. The van der Waals surface area contributed by atoms with E-state index in [0.717, 1.165) is 23.5 Å². The molecule has 1 aromatic rings. The summed E-state index contributed by atoms with van der Waals surface area (Å²) in [5.74, 6) is -2.42. The molecule has 102 valence electrons. The minimum atomic E-state index is -2.48. The monoisotopic (exact) mass is 274 g/mol. The van der Waals surface area contributed by atoms with E-state index in [1.54, 1.807) is 11.3 Å². The van der Waals surface area contributed by atoms with Crippen molar-refractivity contribution in [3.8, 4) is 0 Å². The third kappa shape index (κ3) is 3.48. The molecular weight excluding hydrogens is 254 g/mol. The highest BCUT2D eigenvalue weighted by atomic mass is 32.1. The standard InChI is InChI=1S/C13H20F2N2S/c1-9-17-11(8-18-9)6-12(16-2)10-4-3-5-13(14,15)7-10/h8,10,12,16H,3-7H2,1-2H3. The van der Waals surface area contributed by atoms with Crippen LogP contribution in [0.5, 0.6) is 0 Å². The van der Waals surface area contributed by atoms with E-state index in [2.05, 4.69) is 10.3 Å². The number of nitrogens with zero attached hydrogens (tertiary/aromatic N) is 1. The maximum Gasteiger partial charge on any atom is 0.248 e. The number of aryl methyl sites for hydroxylation is 1. The summed E-state index contributed by atoms with van der Waals surface area (Å²) < 4.78 is 26.9. The number of thiazole rings is 1. The summed E-state index contributed by atoms with van der Waals surface area (Å²) in [6.45, 7) is 1.97. The van der Waals surface area contributed by atoms with Gasteiger partial charge in [0.2, 0.25) is 5.92 Å². The van der Waals surface area contributed by atoms with Crippen LogP contribution in [0.25, 0.3) is 0 Å². The van der Waals surface area contributed by atoms with Crippen LogP contribution in [0.2, 0.25) is 0 Å². The number of nitrogens with one attached hydrogen (secondary N) is 1. The highest BCUT2D eigenvalue weighted by molar-refractivity contribution is 7.09. The lowest BCUT2D eigenvalue weighted by molar-refractivity contribution is -0.0577. The van der Waals surface area contributed by atoms with E-state index < -0.39 is 5.92 Å². The fraction of sp³-hybridized carbons (Fsp3) is 0.769. The molecule has 1 heterocycles. The van der Waals surface area contributed by atoms with Crippen LogP contribution < -0.4 is 5.32 Å². The molecule has 1 saturated carbocycles. The first-order valence-corrected chi connectivity index (χ1v) is 7.34. The van der Waals surface area contributed by atoms with Crippen LogP contribution in [0.1, 0.15) is 36.4 Å². The third-order valence-corrected chi connectivity index (χ3v) is 4.54. The second kappa shape index (κ2) is 5.61. The number of rotatable bonds is 4. The first kappa shape index (κ1) is 13.9. The molecule has 1 aliphatic carbocycles. The largest absolute Gasteiger partial charge is 0.316 e. The Labute approximate surface area is 111 Å². The van der Waals surface area contributed by atoms with Crippen molar-refractivity contribution >= 4 is 11.3 Å². The zero-order chi connectivity index (χ0) is 13.2. The summed E-state index contributed by atoms with van der Waals surface area (Å²) in [5, 5.41) is 6.26. The van der Waals surface area contributed by atoms with Crippen molar-refractivity contribution in [2.75, 3.05) is 7.05 Å². The minimum absolute atomic E-state index is 0.0155. The molecule has 2 nitrogen and oxygen atoms in total. The molecular formula is C13H20F2N2S. The summed E-state index contributed by atoms with van der Waals surface area (Å²) in [5.41, 5.74) is 1.02. The molecule has 0 aliphatic heterocycles. The van der Waals surface area contributed by atoms with Gasteiger partial charge in [0.1, 0.15) is 0 Å². The van der Waals surface area contributed by atoms with E-state index in [1.165, 1.54) is 0 Å². The Morgan fingerprint density at radius 2 is 2.39 bits per heavy atom. The van der Waals surface area contributed by atoms with Crippen LogP contribution >= 0.6 is 11.3 Å². The molecule has 0 saturated heterocycles. The molecule has 2 atom stereocenters. The summed E-state index contributed by atoms with van der Waals surface area (Å²) in [4.78, 5) is 4.42. The SMILES string of the molecule is CNC(Cc1csc(C)n1)C1CCCC(F)(F)C1. The van der Waals surface area contributed by atoms with Crippen LogP contribution in [0.15, 0.2) is 5.38 Å².